The number of carbonyl (C=O) groups excluding carboxylic acids is 3. The molecule has 0 aliphatic carbocycles. The number of carbonyl (C=O) groups is 3. The van der Waals surface area contributed by atoms with Crippen molar-refractivity contribution in [1.29, 1.82) is 0 Å². The molecule has 0 heterocycles. The van der Waals surface area contributed by atoms with Gasteiger partial charge in [0.05, 0.1) is 43.3 Å². The molecule has 0 saturated carbocycles. The highest BCUT2D eigenvalue weighted by Crippen LogP contribution is 2.22. The summed E-state index contributed by atoms with van der Waals surface area (Å²) in [5.74, 6) is -1.83. The van der Waals surface area contributed by atoms with Crippen molar-refractivity contribution in [1.82, 2.24) is 0 Å². The van der Waals surface area contributed by atoms with Crippen LogP contribution in [0.1, 0.15) is 31.1 Å². The first-order valence-electron chi connectivity index (χ1n) is 11.1. The highest BCUT2D eigenvalue weighted by atomic mass is 28.1. The monoisotopic (exact) mass is 541 g/mol. The number of rotatable bonds is 9. The van der Waals surface area contributed by atoms with Crippen LogP contribution in [0, 0.1) is 0 Å². The van der Waals surface area contributed by atoms with Crippen LogP contribution in [0.2, 0.25) is 0 Å². The normalized spacial score (nSPS) is 11.1. The lowest BCUT2D eigenvalue weighted by atomic mass is 10.2. The number of hydrogen-bond donors (Lipinski definition) is 0. The Bertz CT molecular complexity index is 1430. The second kappa shape index (κ2) is 13.9. The van der Waals surface area contributed by atoms with E-state index < -0.39 is 23.5 Å². The van der Waals surface area contributed by atoms with Crippen molar-refractivity contribution in [2.45, 2.75) is 0 Å². The SMILES string of the molecule is COc1ccccc1C(=O)N=NC([Si])=C(N=NC(=O)c1ccccc1OC)N=NC(=O)c1ccccc1OC. The van der Waals surface area contributed by atoms with Gasteiger partial charge >= 0.3 is 0 Å². The van der Waals surface area contributed by atoms with E-state index in [1.807, 2.05) is 0 Å². The first-order chi connectivity index (χ1) is 18.9. The molecule has 0 spiro atoms. The molecule has 0 saturated heterocycles. The quantitative estimate of drug-likeness (QED) is 0.268. The topological polar surface area (TPSA) is 153 Å². The fraction of sp³-hybridized carbons (Fsp3) is 0.115. The van der Waals surface area contributed by atoms with Crippen LogP contribution in [0.4, 0.5) is 0 Å². The predicted octanol–water partition coefficient (Wildman–Crippen LogP) is 5.19. The van der Waals surface area contributed by atoms with E-state index in [-0.39, 0.29) is 33.5 Å². The van der Waals surface area contributed by atoms with Gasteiger partial charge in [0.1, 0.15) is 27.5 Å². The van der Waals surface area contributed by atoms with Crippen LogP contribution in [0.3, 0.4) is 0 Å². The van der Waals surface area contributed by atoms with Crippen LogP contribution in [0.5, 0.6) is 17.2 Å². The molecule has 0 aliphatic rings. The van der Waals surface area contributed by atoms with Crippen LogP contribution in [-0.4, -0.2) is 49.3 Å². The molecule has 12 nitrogen and oxygen atoms in total. The van der Waals surface area contributed by atoms with E-state index in [4.69, 9.17) is 14.2 Å². The molecule has 0 aromatic heterocycles. The summed E-state index contributed by atoms with van der Waals surface area (Å²) >= 11 is 0. The molecule has 3 aromatic rings. The maximum atomic E-state index is 12.7. The minimum Gasteiger partial charge on any atom is -0.496 e. The highest BCUT2D eigenvalue weighted by Gasteiger charge is 2.15. The molecule has 3 aromatic carbocycles. The van der Waals surface area contributed by atoms with E-state index in [2.05, 4.69) is 40.9 Å². The minimum atomic E-state index is -0.766. The molecule has 3 amide bonds. The third kappa shape index (κ3) is 7.42. The maximum Gasteiger partial charge on any atom is 0.299 e. The fourth-order valence-electron chi connectivity index (χ4n) is 3.07. The molecule has 0 atom stereocenters. The van der Waals surface area contributed by atoms with Gasteiger partial charge in [0.15, 0.2) is 0 Å². The van der Waals surface area contributed by atoms with Crippen molar-refractivity contribution in [3.05, 3.63) is 101 Å². The molecular formula is C26H21N6O6Si. The third-order valence-corrected chi connectivity index (χ3v) is 5.26. The molecule has 0 aliphatic heterocycles. The standard InChI is InChI=1S/C26H21N6O6Si/c1-36-19-13-7-4-10-16(19)23(33)29-27-22(28-30-24(34)17-11-5-8-14-20(17)37-2)26(39)32-31-25(35)18-12-6-9-15-21(18)38-3/h4-15H,1-3H3. The Labute approximate surface area is 226 Å². The zero-order valence-electron chi connectivity index (χ0n) is 21.1. The van der Waals surface area contributed by atoms with E-state index in [0.29, 0.717) is 5.75 Å². The Balaban J connectivity index is 1.97. The van der Waals surface area contributed by atoms with Gasteiger partial charge in [0.25, 0.3) is 17.7 Å². The Morgan fingerprint density at radius 2 is 0.821 bits per heavy atom. The second-order valence-corrected chi connectivity index (χ2v) is 7.76. The summed E-state index contributed by atoms with van der Waals surface area (Å²) in [5, 5.41) is 22.0. The van der Waals surface area contributed by atoms with Gasteiger partial charge in [0.2, 0.25) is 5.82 Å². The summed E-state index contributed by atoms with van der Waals surface area (Å²) in [6.45, 7) is 0. The Morgan fingerprint density at radius 1 is 0.513 bits per heavy atom. The predicted molar refractivity (Wildman–Crippen MR) is 139 cm³/mol. The zero-order valence-corrected chi connectivity index (χ0v) is 22.1. The smallest absolute Gasteiger partial charge is 0.299 e. The number of hydrogen-bond acceptors (Lipinski definition) is 9. The molecule has 0 N–H and O–H groups in total. The summed E-state index contributed by atoms with van der Waals surface area (Å²) in [6.07, 6.45) is 0. The van der Waals surface area contributed by atoms with Gasteiger partial charge in [-0.25, -0.2) is 0 Å². The Kier molecular flexibility index (Phi) is 10.2. The van der Waals surface area contributed by atoms with Crippen LogP contribution in [0.25, 0.3) is 0 Å². The number of benzene rings is 3. The van der Waals surface area contributed by atoms with E-state index in [9.17, 15) is 14.4 Å². The molecule has 195 valence electrons. The summed E-state index contributed by atoms with van der Waals surface area (Å²) in [7, 11) is 7.39. The van der Waals surface area contributed by atoms with Crippen molar-refractivity contribution >= 4 is 28.0 Å². The molecule has 39 heavy (non-hydrogen) atoms. The third-order valence-electron chi connectivity index (χ3n) is 4.94. The number of para-hydroxylation sites is 3. The van der Waals surface area contributed by atoms with Gasteiger partial charge in [-0.1, -0.05) is 36.4 Å². The van der Waals surface area contributed by atoms with Gasteiger partial charge in [-0.05, 0) is 36.4 Å². The molecular weight excluding hydrogens is 520 g/mol. The lowest BCUT2D eigenvalue weighted by molar-refractivity contribution is 0.0981. The zero-order chi connectivity index (χ0) is 28.2. The molecule has 3 rings (SSSR count). The van der Waals surface area contributed by atoms with Crippen molar-refractivity contribution in [3.8, 4) is 17.2 Å². The molecule has 0 unspecified atom stereocenters. The minimum absolute atomic E-state index is 0.133. The molecule has 0 fully saturated rings. The summed E-state index contributed by atoms with van der Waals surface area (Å²) in [5.41, 5.74) is 0.424. The summed E-state index contributed by atoms with van der Waals surface area (Å²) < 4.78 is 15.5. The lowest BCUT2D eigenvalue weighted by Gasteiger charge is -2.04. The molecule has 3 radical (unpaired) electrons. The number of amides is 3. The van der Waals surface area contributed by atoms with Crippen molar-refractivity contribution in [2.24, 2.45) is 30.7 Å². The van der Waals surface area contributed by atoms with Crippen LogP contribution in [0.15, 0.2) is 115 Å². The van der Waals surface area contributed by atoms with E-state index in [1.54, 1.807) is 54.6 Å². The first kappa shape index (κ1) is 28.4. The number of methoxy groups -OCH3 is 3. The number of nitrogens with zero attached hydrogens (tertiary/aromatic N) is 6. The van der Waals surface area contributed by atoms with Crippen LogP contribution >= 0.6 is 0 Å². The van der Waals surface area contributed by atoms with Crippen molar-refractivity contribution < 1.29 is 28.6 Å². The average molecular weight is 542 g/mol. The van der Waals surface area contributed by atoms with Gasteiger partial charge in [0, 0.05) is 0 Å². The average Bonchev–Trinajstić information content (AvgIpc) is 2.99. The van der Waals surface area contributed by atoms with Crippen LogP contribution in [-0.2, 0) is 0 Å². The number of azo groups is 3. The van der Waals surface area contributed by atoms with Gasteiger partial charge < -0.3 is 14.2 Å². The van der Waals surface area contributed by atoms with Gasteiger partial charge in [-0.15, -0.1) is 25.6 Å². The molecule has 13 heteroatoms. The lowest BCUT2D eigenvalue weighted by Crippen LogP contribution is -2.00. The summed E-state index contributed by atoms with van der Waals surface area (Å²) in [4.78, 5) is 37.9. The van der Waals surface area contributed by atoms with Crippen LogP contribution < -0.4 is 14.2 Å². The highest BCUT2D eigenvalue weighted by molar-refractivity contribution is 6.21. The fourth-order valence-corrected chi connectivity index (χ4v) is 3.22. The Hall–Kier alpha value is -5.17. The van der Waals surface area contributed by atoms with E-state index in [1.165, 1.54) is 39.5 Å². The largest absolute Gasteiger partial charge is 0.496 e. The van der Waals surface area contributed by atoms with Crippen molar-refractivity contribution in [3.63, 3.8) is 0 Å². The number of ether oxygens (including phenoxy) is 3. The first-order valence-corrected chi connectivity index (χ1v) is 11.6. The second-order valence-electron chi connectivity index (χ2n) is 7.29. The maximum absolute atomic E-state index is 12.7. The van der Waals surface area contributed by atoms with Gasteiger partial charge in [-0.3, -0.25) is 14.4 Å². The Morgan fingerprint density at radius 3 is 1.15 bits per heavy atom. The summed E-state index contributed by atoms with van der Waals surface area (Å²) in [6, 6.07) is 19.2. The van der Waals surface area contributed by atoms with Crippen molar-refractivity contribution in [2.75, 3.05) is 21.3 Å². The van der Waals surface area contributed by atoms with E-state index >= 15 is 0 Å². The van der Waals surface area contributed by atoms with Gasteiger partial charge in [-0.2, -0.15) is 5.11 Å². The molecule has 0 bridgehead atoms. The van der Waals surface area contributed by atoms with E-state index in [0.717, 1.165) is 0 Å².